The molecule has 1 heterocycles. The molecular formula is C11H9F3N2O2. The van der Waals surface area contributed by atoms with E-state index in [2.05, 4.69) is 9.72 Å². The summed E-state index contributed by atoms with van der Waals surface area (Å²) in [5, 5.41) is 8.73. The van der Waals surface area contributed by atoms with Crippen molar-refractivity contribution < 1.29 is 22.7 Å². The number of halogens is 3. The summed E-state index contributed by atoms with van der Waals surface area (Å²) in [6, 6.07) is 2.26. The molecule has 0 unspecified atom stereocenters. The van der Waals surface area contributed by atoms with Crippen LogP contribution in [0.15, 0.2) is 6.07 Å². The number of nitriles is 1. The maximum Gasteiger partial charge on any atom is 0.310 e. The van der Waals surface area contributed by atoms with Gasteiger partial charge in [0.2, 0.25) is 0 Å². The molecule has 1 aromatic rings. The molecule has 0 aliphatic rings. The van der Waals surface area contributed by atoms with E-state index in [1.54, 1.807) is 13.0 Å². The second-order valence-electron chi connectivity index (χ2n) is 3.26. The van der Waals surface area contributed by atoms with Crippen LogP contribution < -0.4 is 0 Å². The molecule has 0 radical (unpaired) electrons. The summed E-state index contributed by atoms with van der Waals surface area (Å²) < 4.78 is 42.6. The van der Waals surface area contributed by atoms with Crippen molar-refractivity contribution in [2.75, 3.05) is 6.61 Å². The largest absolute Gasteiger partial charge is 0.466 e. The van der Waals surface area contributed by atoms with Crippen molar-refractivity contribution in [3.8, 4) is 6.07 Å². The van der Waals surface area contributed by atoms with E-state index < -0.39 is 29.6 Å². The fourth-order valence-electron chi connectivity index (χ4n) is 1.29. The molecule has 0 aromatic carbocycles. The molecule has 18 heavy (non-hydrogen) atoms. The van der Waals surface area contributed by atoms with Gasteiger partial charge in [0.1, 0.15) is 17.5 Å². The van der Waals surface area contributed by atoms with Gasteiger partial charge in [0, 0.05) is 5.56 Å². The number of esters is 1. The summed E-state index contributed by atoms with van der Waals surface area (Å²) in [5.74, 6) is -1.93. The fraction of sp³-hybridized carbons (Fsp3) is 0.364. The first-order chi connectivity index (χ1) is 8.49. The summed E-state index contributed by atoms with van der Waals surface area (Å²) in [6.07, 6.45) is -3.50. The van der Waals surface area contributed by atoms with E-state index >= 15 is 0 Å². The van der Waals surface area contributed by atoms with Gasteiger partial charge in [-0.2, -0.15) is 5.26 Å². The van der Waals surface area contributed by atoms with Crippen LogP contribution in [0, 0.1) is 17.1 Å². The minimum absolute atomic E-state index is 0.0714. The lowest BCUT2D eigenvalue weighted by atomic mass is 10.1. The Morgan fingerprint density at radius 2 is 2.28 bits per heavy atom. The van der Waals surface area contributed by atoms with Crippen molar-refractivity contribution in [3.63, 3.8) is 0 Å². The number of carbonyl (C=O) groups excluding carboxylic acids is 1. The van der Waals surface area contributed by atoms with E-state index in [1.807, 2.05) is 0 Å². The number of carbonyl (C=O) groups is 1. The molecule has 0 saturated carbocycles. The van der Waals surface area contributed by atoms with Gasteiger partial charge in [0.05, 0.1) is 13.0 Å². The normalized spacial score (nSPS) is 10.2. The predicted molar refractivity (Wildman–Crippen MR) is 54.2 cm³/mol. The second kappa shape index (κ2) is 6.00. The highest BCUT2D eigenvalue weighted by molar-refractivity contribution is 5.73. The zero-order valence-corrected chi connectivity index (χ0v) is 9.41. The standard InChI is InChI=1S/C11H9F3N2O2/c1-2-18-9(17)4-6-3-7(12)10(11(13)14)16-8(6)5-15/h3,11H,2,4H2,1H3. The zero-order chi connectivity index (χ0) is 13.7. The van der Waals surface area contributed by atoms with Crippen LogP contribution in [0.25, 0.3) is 0 Å². The summed E-state index contributed by atoms with van der Waals surface area (Å²) >= 11 is 0. The Labute approximate surface area is 101 Å². The quantitative estimate of drug-likeness (QED) is 0.776. The first-order valence-corrected chi connectivity index (χ1v) is 5.02. The smallest absolute Gasteiger partial charge is 0.310 e. The van der Waals surface area contributed by atoms with Gasteiger partial charge in [-0.25, -0.2) is 18.2 Å². The second-order valence-corrected chi connectivity index (χ2v) is 3.26. The Balaban J connectivity index is 3.10. The highest BCUT2D eigenvalue weighted by Gasteiger charge is 2.20. The molecule has 0 atom stereocenters. The summed E-state index contributed by atoms with van der Waals surface area (Å²) in [4.78, 5) is 14.4. The van der Waals surface area contributed by atoms with Gasteiger partial charge in [-0.3, -0.25) is 4.79 Å². The van der Waals surface area contributed by atoms with Crippen molar-refractivity contribution in [3.05, 3.63) is 28.8 Å². The Hall–Kier alpha value is -2.10. The monoisotopic (exact) mass is 258 g/mol. The maximum atomic E-state index is 13.2. The molecule has 0 aliphatic heterocycles. The average Bonchev–Trinajstić information content (AvgIpc) is 2.29. The molecule has 0 bridgehead atoms. The summed E-state index contributed by atoms with van der Waals surface area (Å²) in [6.45, 7) is 1.72. The highest BCUT2D eigenvalue weighted by Crippen LogP contribution is 2.22. The van der Waals surface area contributed by atoms with Gasteiger partial charge in [0.25, 0.3) is 6.43 Å². The molecule has 1 rings (SSSR count). The van der Waals surface area contributed by atoms with Crippen LogP contribution in [0.4, 0.5) is 13.2 Å². The zero-order valence-electron chi connectivity index (χ0n) is 9.41. The molecule has 0 aliphatic carbocycles. The molecule has 0 saturated heterocycles. The molecule has 4 nitrogen and oxygen atoms in total. The number of hydrogen-bond acceptors (Lipinski definition) is 4. The third-order valence-electron chi connectivity index (χ3n) is 2.03. The van der Waals surface area contributed by atoms with Crippen LogP contribution in [-0.2, 0) is 16.0 Å². The van der Waals surface area contributed by atoms with Crippen LogP contribution >= 0.6 is 0 Å². The SMILES string of the molecule is CCOC(=O)Cc1cc(F)c(C(F)F)nc1C#N. The number of hydrogen-bond donors (Lipinski definition) is 0. The van der Waals surface area contributed by atoms with Crippen molar-refractivity contribution in [2.45, 2.75) is 19.8 Å². The lowest BCUT2D eigenvalue weighted by Gasteiger charge is -2.07. The Morgan fingerprint density at radius 3 is 2.78 bits per heavy atom. The van der Waals surface area contributed by atoms with E-state index in [-0.39, 0.29) is 18.6 Å². The molecule has 7 heteroatoms. The van der Waals surface area contributed by atoms with Crippen LogP contribution in [0.5, 0.6) is 0 Å². The van der Waals surface area contributed by atoms with E-state index in [0.29, 0.717) is 6.07 Å². The van der Waals surface area contributed by atoms with E-state index in [0.717, 1.165) is 0 Å². The molecule has 1 aromatic heterocycles. The van der Waals surface area contributed by atoms with Gasteiger partial charge >= 0.3 is 5.97 Å². The third-order valence-corrected chi connectivity index (χ3v) is 2.03. The first kappa shape index (κ1) is 14.0. The van der Waals surface area contributed by atoms with Crippen LogP contribution in [0.1, 0.15) is 30.3 Å². The van der Waals surface area contributed by atoms with Gasteiger partial charge in [-0.15, -0.1) is 0 Å². The number of aromatic nitrogens is 1. The number of rotatable bonds is 4. The Morgan fingerprint density at radius 1 is 1.61 bits per heavy atom. The number of nitrogens with zero attached hydrogens (tertiary/aromatic N) is 2. The highest BCUT2D eigenvalue weighted by atomic mass is 19.3. The maximum absolute atomic E-state index is 13.2. The molecule has 96 valence electrons. The van der Waals surface area contributed by atoms with Gasteiger partial charge in [-0.05, 0) is 13.0 Å². The third kappa shape index (κ3) is 3.20. The number of alkyl halides is 2. The first-order valence-electron chi connectivity index (χ1n) is 5.02. The summed E-state index contributed by atoms with van der Waals surface area (Å²) in [5.41, 5.74) is -1.57. The Kier molecular flexibility index (Phi) is 4.66. The fourth-order valence-corrected chi connectivity index (χ4v) is 1.29. The average molecular weight is 258 g/mol. The van der Waals surface area contributed by atoms with Crippen molar-refractivity contribution in [1.29, 1.82) is 5.26 Å². The van der Waals surface area contributed by atoms with Gasteiger partial charge in [-0.1, -0.05) is 0 Å². The summed E-state index contributed by atoms with van der Waals surface area (Å²) in [7, 11) is 0. The van der Waals surface area contributed by atoms with E-state index in [9.17, 15) is 18.0 Å². The van der Waals surface area contributed by atoms with E-state index in [1.165, 1.54) is 0 Å². The van der Waals surface area contributed by atoms with Crippen molar-refractivity contribution in [2.24, 2.45) is 0 Å². The number of ether oxygens (including phenoxy) is 1. The van der Waals surface area contributed by atoms with Gasteiger partial charge < -0.3 is 4.74 Å². The minimum atomic E-state index is -3.12. The minimum Gasteiger partial charge on any atom is -0.466 e. The van der Waals surface area contributed by atoms with Crippen LogP contribution in [0.2, 0.25) is 0 Å². The van der Waals surface area contributed by atoms with E-state index in [4.69, 9.17) is 5.26 Å². The molecule has 0 N–H and O–H groups in total. The molecule has 0 fully saturated rings. The topological polar surface area (TPSA) is 63.0 Å². The molecule has 0 amide bonds. The van der Waals surface area contributed by atoms with Crippen LogP contribution in [-0.4, -0.2) is 17.6 Å². The van der Waals surface area contributed by atoms with Gasteiger partial charge in [0.15, 0.2) is 5.82 Å². The Bertz CT molecular complexity index is 498. The molecule has 0 spiro atoms. The number of pyridine rings is 1. The lowest BCUT2D eigenvalue weighted by molar-refractivity contribution is -0.142. The predicted octanol–water partition coefficient (Wildman–Crippen LogP) is 2.14. The van der Waals surface area contributed by atoms with Crippen LogP contribution in [0.3, 0.4) is 0 Å². The van der Waals surface area contributed by atoms with Crippen molar-refractivity contribution >= 4 is 5.97 Å². The van der Waals surface area contributed by atoms with Crippen molar-refractivity contribution in [1.82, 2.24) is 4.98 Å². The molecular weight excluding hydrogens is 249 g/mol. The lowest BCUT2D eigenvalue weighted by Crippen LogP contribution is -2.11.